The number of hydrogen-bond acceptors (Lipinski definition) is 1. The Kier molecular flexibility index (Phi) is 4.24. The maximum atomic E-state index is 5.17. The molecule has 0 heterocycles. The van der Waals surface area contributed by atoms with Gasteiger partial charge in [-0.05, 0) is 37.0 Å². The van der Waals surface area contributed by atoms with Crippen LogP contribution in [0.4, 0.5) is 0 Å². The van der Waals surface area contributed by atoms with Gasteiger partial charge in [0.15, 0.2) is 0 Å². The van der Waals surface area contributed by atoms with Gasteiger partial charge in [0, 0.05) is 0 Å². The van der Waals surface area contributed by atoms with Gasteiger partial charge in [0.25, 0.3) is 0 Å². The minimum absolute atomic E-state index is 0.935. The molecule has 1 aromatic rings. The maximum Gasteiger partial charge on any atom is 0.119 e. The van der Waals surface area contributed by atoms with Crippen LogP contribution in [0.5, 0.6) is 5.75 Å². The summed E-state index contributed by atoms with van der Waals surface area (Å²) in [5.74, 6) is 0.935. The van der Waals surface area contributed by atoms with E-state index in [1.807, 2.05) is 12.1 Å². The third-order valence-corrected chi connectivity index (χ3v) is 2.40. The van der Waals surface area contributed by atoms with Gasteiger partial charge < -0.3 is 4.74 Å². The van der Waals surface area contributed by atoms with Crippen molar-refractivity contribution in [3.8, 4) is 5.75 Å². The Balaban J connectivity index is 2.54. The molecule has 1 nitrogen and oxygen atoms in total. The molecular formula is C13H18O. The first-order chi connectivity index (χ1) is 6.76. The van der Waals surface area contributed by atoms with Gasteiger partial charge in [-0.1, -0.05) is 31.2 Å². The van der Waals surface area contributed by atoms with Crippen molar-refractivity contribution in [2.24, 2.45) is 0 Å². The molecule has 0 N–H and O–H groups in total. The molecule has 1 heteroatoms. The molecule has 0 fully saturated rings. The van der Waals surface area contributed by atoms with Gasteiger partial charge in [0.05, 0.1) is 7.11 Å². The van der Waals surface area contributed by atoms with Crippen LogP contribution in [0, 0.1) is 0 Å². The fraction of sp³-hybridized carbons (Fsp3) is 0.385. The minimum atomic E-state index is 0.935. The van der Waals surface area contributed by atoms with Gasteiger partial charge in [-0.25, -0.2) is 0 Å². The summed E-state index contributed by atoms with van der Waals surface area (Å²) in [5.41, 5.74) is 2.63. The summed E-state index contributed by atoms with van der Waals surface area (Å²) >= 11 is 0. The number of ether oxygens (including phenoxy) is 1. The summed E-state index contributed by atoms with van der Waals surface area (Å²) in [4.78, 5) is 0. The molecule has 0 bridgehead atoms. The van der Waals surface area contributed by atoms with E-state index in [4.69, 9.17) is 4.74 Å². The van der Waals surface area contributed by atoms with Crippen molar-refractivity contribution in [3.63, 3.8) is 0 Å². The summed E-state index contributed by atoms with van der Waals surface area (Å²) in [6.07, 6.45) is 3.21. The average Bonchev–Trinajstić information content (AvgIpc) is 2.26. The van der Waals surface area contributed by atoms with Gasteiger partial charge >= 0.3 is 0 Å². The van der Waals surface area contributed by atoms with Crippen LogP contribution in [0.2, 0.25) is 0 Å². The molecule has 0 unspecified atom stereocenters. The molecule has 1 rings (SSSR count). The lowest BCUT2D eigenvalue weighted by Crippen LogP contribution is -1.89. The van der Waals surface area contributed by atoms with Crippen LogP contribution in [0.25, 0.3) is 0 Å². The van der Waals surface area contributed by atoms with Gasteiger partial charge in [-0.3, -0.25) is 0 Å². The number of hydrogen-bond donors (Lipinski definition) is 0. The van der Waals surface area contributed by atoms with E-state index in [9.17, 15) is 0 Å². The highest BCUT2D eigenvalue weighted by molar-refractivity contribution is 5.28. The van der Waals surface area contributed by atoms with Crippen LogP contribution in [0.3, 0.4) is 0 Å². The minimum Gasteiger partial charge on any atom is -0.497 e. The number of methoxy groups -OCH3 is 1. The van der Waals surface area contributed by atoms with Crippen LogP contribution >= 0.6 is 0 Å². The first-order valence-corrected chi connectivity index (χ1v) is 5.06. The zero-order valence-electron chi connectivity index (χ0n) is 9.05. The second-order valence-corrected chi connectivity index (χ2v) is 3.46. The van der Waals surface area contributed by atoms with Gasteiger partial charge in [0.2, 0.25) is 0 Å². The Labute approximate surface area is 86.4 Å². The molecule has 0 aromatic heterocycles. The molecule has 0 saturated carbocycles. The highest BCUT2D eigenvalue weighted by Crippen LogP contribution is 2.16. The van der Waals surface area contributed by atoms with Crippen molar-refractivity contribution in [1.29, 1.82) is 0 Å². The molecule has 0 aliphatic carbocycles. The van der Waals surface area contributed by atoms with Gasteiger partial charge in [-0.2, -0.15) is 0 Å². The fourth-order valence-corrected chi connectivity index (χ4v) is 1.33. The first kappa shape index (κ1) is 10.8. The molecule has 0 amide bonds. The van der Waals surface area contributed by atoms with Crippen LogP contribution in [-0.2, 0) is 6.42 Å². The molecule has 0 aliphatic rings. The van der Waals surface area contributed by atoms with E-state index >= 15 is 0 Å². The van der Waals surface area contributed by atoms with E-state index in [-0.39, 0.29) is 0 Å². The Hall–Kier alpha value is -1.24. The summed E-state index contributed by atoms with van der Waals surface area (Å²) in [7, 11) is 1.70. The molecule has 0 spiro atoms. The molecule has 0 aliphatic heterocycles. The smallest absolute Gasteiger partial charge is 0.119 e. The second kappa shape index (κ2) is 5.48. The molecule has 76 valence electrons. The van der Waals surface area contributed by atoms with Gasteiger partial charge in [-0.15, -0.1) is 0 Å². The van der Waals surface area contributed by atoms with Crippen molar-refractivity contribution in [3.05, 3.63) is 42.0 Å². The zero-order valence-corrected chi connectivity index (χ0v) is 9.05. The number of allylic oxidation sites excluding steroid dienone is 1. The third-order valence-electron chi connectivity index (χ3n) is 2.40. The Morgan fingerprint density at radius 2 is 2.21 bits per heavy atom. The van der Waals surface area contributed by atoms with Crippen LogP contribution < -0.4 is 4.74 Å². The summed E-state index contributed by atoms with van der Waals surface area (Å²) < 4.78 is 5.17. The van der Waals surface area contributed by atoms with E-state index < -0.39 is 0 Å². The highest BCUT2D eigenvalue weighted by atomic mass is 16.5. The second-order valence-electron chi connectivity index (χ2n) is 3.46. The van der Waals surface area contributed by atoms with E-state index in [0.717, 1.165) is 25.0 Å². The predicted octanol–water partition coefficient (Wildman–Crippen LogP) is 3.59. The maximum absolute atomic E-state index is 5.17. The summed E-state index contributed by atoms with van der Waals surface area (Å²) in [6.45, 7) is 6.15. The van der Waals surface area contributed by atoms with Crippen molar-refractivity contribution >= 4 is 0 Å². The average molecular weight is 190 g/mol. The van der Waals surface area contributed by atoms with Gasteiger partial charge in [0.1, 0.15) is 5.75 Å². The number of rotatable bonds is 5. The molecule has 0 atom stereocenters. The van der Waals surface area contributed by atoms with Crippen LogP contribution in [0.15, 0.2) is 36.4 Å². The Morgan fingerprint density at radius 3 is 2.86 bits per heavy atom. The lowest BCUT2D eigenvalue weighted by molar-refractivity contribution is 0.414. The van der Waals surface area contributed by atoms with E-state index in [2.05, 4.69) is 25.6 Å². The lowest BCUT2D eigenvalue weighted by Gasteiger charge is -2.05. The monoisotopic (exact) mass is 190 g/mol. The highest BCUT2D eigenvalue weighted by Gasteiger charge is 1.97. The summed E-state index contributed by atoms with van der Waals surface area (Å²) in [6, 6.07) is 8.22. The predicted molar refractivity (Wildman–Crippen MR) is 60.7 cm³/mol. The van der Waals surface area contributed by atoms with Crippen molar-refractivity contribution < 1.29 is 4.74 Å². The molecular weight excluding hydrogens is 172 g/mol. The lowest BCUT2D eigenvalue weighted by atomic mass is 10.0. The SMILES string of the molecule is C=C(CC)CCc1cccc(OC)c1. The van der Waals surface area contributed by atoms with E-state index in [1.54, 1.807) is 7.11 Å². The molecule has 0 radical (unpaired) electrons. The van der Waals surface area contributed by atoms with E-state index in [0.29, 0.717) is 0 Å². The van der Waals surface area contributed by atoms with E-state index in [1.165, 1.54) is 11.1 Å². The third kappa shape index (κ3) is 3.25. The van der Waals surface area contributed by atoms with Crippen molar-refractivity contribution in [2.45, 2.75) is 26.2 Å². The first-order valence-electron chi connectivity index (χ1n) is 5.06. The molecule has 0 saturated heterocycles. The number of aryl methyl sites for hydroxylation is 1. The van der Waals surface area contributed by atoms with Crippen LogP contribution in [-0.4, -0.2) is 7.11 Å². The quantitative estimate of drug-likeness (QED) is 0.645. The topological polar surface area (TPSA) is 9.23 Å². The molecule has 1 aromatic carbocycles. The van der Waals surface area contributed by atoms with Crippen molar-refractivity contribution in [1.82, 2.24) is 0 Å². The van der Waals surface area contributed by atoms with Crippen LogP contribution in [0.1, 0.15) is 25.3 Å². The largest absolute Gasteiger partial charge is 0.497 e. The zero-order chi connectivity index (χ0) is 10.4. The number of benzene rings is 1. The van der Waals surface area contributed by atoms with Crippen molar-refractivity contribution in [2.75, 3.05) is 7.11 Å². The normalized spacial score (nSPS) is 9.86. The summed E-state index contributed by atoms with van der Waals surface area (Å²) in [5, 5.41) is 0. The molecule has 14 heavy (non-hydrogen) atoms. The fourth-order valence-electron chi connectivity index (χ4n) is 1.33. The standard InChI is InChI=1S/C13H18O/c1-4-11(2)8-9-12-6-5-7-13(10-12)14-3/h5-7,10H,2,4,8-9H2,1,3H3. The Morgan fingerprint density at radius 1 is 1.43 bits per heavy atom. The Bertz CT molecular complexity index is 302.